The highest BCUT2D eigenvalue weighted by Crippen LogP contribution is 2.08. The number of aliphatic hydroxyl groups excluding tert-OH is 1. The lowest BCUT2D eigenvalue weighted by molar-refractivity contribution is 0.207. The Morgan fingerprint density at radius 1 is 1.43 bits per heavy atom. The maximum absolute atomic E-state index is 12.5. The number of hydrogen-bond acceptors (Lipinski definition) is 3. The van der Waals surface area contributed by atoms with Gasteiger partial charge < -0.3 is 10.8 Å². The topological polar surface area (TPSA) is 63.3 Å². The molecule has 0 heterocycles. The zero-order valence-corrected chi connectivity index (χ0v) is 8.34. The van der Waals surface area contributed by atoms with Crippen LogP contribution in [0.1, 0.15) is 0 Å². The van der Waals surface area contributed by atoms with E-state index in [9.17, 15) is 8.60 Å². The molecule has 0 bridgehead atoms. The predicted octanol–water partition coefficient (Wildman–Crippen LogP) is 0.253. The van der Waals surface area contributed by atoms with E-state index in [1.807, 2.05) is 0 Å². The third-order valence-corrected chi connectivity index (χ3v) is 3.18. The van der Waals surface area contributed by atoms with Gasteiger partial charge in [0.15, 0.2) is 0 Å². The number of benzene rings is 1. The van der Waals surface area contributed by atoms with Gasteiger partial charge in [0.2, 0.25) is 0 Å². The molecule has 0 aliphatic heterocycles. The standard InChI is InChI=1S/C9H12FNO2S/c10-7-1-3-9(4-2-7)14(13)6-8(12)5-11/h1-4,8,12H,5-6,11H2. The van der Waals surface area contributed by atoms with Gasteiger partial charge >= 0.3 is 0 Å². The van der Waals surface area contributed by atoms with Gasteiger partial charge in [-0.3, -0.25) is 4.21 Å². The van der Waals surface area contributed by atoms with E-state index in [0.29, 0.717) is 4.90 Å². The van der Waals surface area contributed by atoms with Crippen molar-refractivity contribution >= 4 is 10.8 Å². The molecular formula is C9H12FNO2S. The molecule has 1 rings (SSSR count). The molecule has 0 spiro atoms. The molecule has 0 amide bonds. The van der Waals surface area contributed by atoms with E-state index in [1.54, 1.807) is 0 Å². The number of rotatable bonds is 4. The average Bonchev–Trinajstić information content (AvgIpc) is 2.18. The fourth-order valence-corrected chi connectivity index (χ4v) is 2.04. The normalized spacial score (nSPS) is 15.1. The van der Waals surface area contributed by atoms with Crippen LogP contribution in [0.4, 0.5) is 4.39 Å². The highest BCUT2D eigenvalue weighted by molar-refractivity contribution is 7.85. The van der Waals surface area contributed by atoms with Crippen LogP contribution >= 0.6 is 0 Å². The van der Waals surface area contributed by atoms with Crippen molar-refractivity contribution in [1.82, 2.24) is 0 Å². The molecule has 2 unspecified atom stereocenters. The summed E-state index contributed by atoms with van der Waals surface area (Å²) < 4.78 is 24.0. The SMILES string of the molecule is NCC(O)CS(=O)c1ccc(F)cc1. The first-order valence-electron chi connectivity index (χ1n) is 4.15. The minimum absolute atomic E-state index is 0.0763. The molecule has 1 aromatic carbocycles. The lowest BCUT2D eigenvalue weighted by Gasteiger charge is -2.06. The summed E-state index contributed by atoms with van der Waals surface area (Å²) in [4.78, 5) is 0.499. The van der Waals surface area contributed by atoms with Crippen molar-refractivity contribution in [3.8, 4) is 0 Å². The molecule has 0 aliphatic rings. The second-order valence-electron chi connectivity index (χ2n) is 2.86. The summed E-state index contributed by atoms with van der Waals surface area (Å²) in [7, 11) is -1.32. The van der Waals surface area contributed by atoms with Crippen LogP contribution in [-0.2, 0) is 10.8 Å². The van der Waals surface area contributed by atoms with Crippen LogP contribution in [0, 0.1) is 5.82 Å². The molecule has 3 nitrogen and oxygen atoms in total. The Bertz CT molecular complexity index is 315. The van der Waals surface area contributed by atoms with Crippen molar-refractivity contribution in [2.75, 3.05) is 12.3 Å². The van der Waals surface area contributed by atoms with E-state index >= 15 is 0 Å². The van der Waals surface area contributed by atoms with Crippen LogP contribution in [0.15, 0.2) is 29.2 Å². The van der Waals surface area contributed by atoms with E-state index in [0.717, 1.165) is 0 Å². The first kappa shape index (κ1) is 11.3. The van der Waals surface area contributed by atoms with Crippen LogP contribution in [-0.4, -0.2) is 27.7 Å². The van der Waals surface area contributed by atoms with Crippen molar-refractivity contribution in [2.24, 2.45) is 5.73 Å². The Morgan fingerprint density at radius 3 is 2.50 bits per heavy atom. The van der Waals surface area contributed by atoms with E-state index in [4.69, 9.17) is 10.8 Å². The van der Waals surface area contributed by atoms with Crippen LogP contribution in [0.5, 0.6) is 0 Å². The smallest absolute Gasteiger partial charge is 0.123 e. The number of aliphatic hydroxyl groups is 1. The second kappa shape index (κ2) is 5.19. The van der Waals surface area contributed by atoms with Crippen molar-refractivity contribution in [3.05, 3.63) is 30.1 Å². The highest BCUT2D eigenvalue weighted by Gasteiger charge is 2.09. The molecule has 0 fully saturated rings. The van der Waals surface area contributed by atoms with Crippen molar-refractivity contribution < 1.29 is 13.7 Å². The largest absolute Gasteiger partial charge is 0.391 e. The maximum atomic E-state index is 12.5. The van der Waals surface area contributed by atoms with Crippen molar-refractivity contribution in [3.63, 3.8) is 0 Å². The van der Waals surface area contributed by atoms with Gasteiger partial charge in [-0.25, -0.2) is 4.39 Å². The summed E-state index contributed by atoms with van der Waals surface area (Å²) in [5.41, 5.74) is 5.18. The summed E-state index contributed by atoms with van der Waals surface area (Å²) in [5, 5.41) is 9.15. The monoisotopic (exact) mass is 217 g/mol. The lowest BCUT2D eigenvalue weighted by atomic mass is 10.3. The van der Waals surface area contributed by atoms with E-state index in [1.165, 1.54) is 24.3 Å². The van der Waals surface area contributed by atoms with Crippen molar-refractivity contribution in [2.45, 2.75) is 11.0 Å². The molecular weight excluding hydrogens is 205 g/mol. The molecule has 3 N–H and O–H groups in total. The van der Waals surface area contributed by atoms with E-state index in [2.05, 4.69) is 0 Å². The minimum Gasteiger partial charge on any atom is -0.391 e. The maximum Gasteiger partial charge on any atom is 0.123 e. The first-order valence-corrected chi connectivity index (χ1v) is 5.47. The molecule has 0 aromatic heterocycles. The van der Waals surface area contributed by atoms with Gasteiger partial charge in [-0.1, -0.05) is 0 Å². The van der Waals surface area contributed by atoms with Crippen LogP contribution in [0.3, 0.4) is 0 Å². The molecule has 0 aliphatic carbocycles. The summed E-state index contributed by atoms with van der Waals surface area (Å²) in [6.45, 7) is 0.0763. The van der Waals surface area contributed by atoms with Crippen molar-refractivity contribution in [1.29, 1.82) is 0 Å². The number of nitrogens with two attached hydrogens (primary N) is 1. The molecule has 1 aromatic rings. The lowest BCUT2D eigenvalue weighted by Crippen LogP contribution is -2.25. The Morgan fingerprint density at radius 2 is 2.00 bits per heavy atom. The summed E-state index contributed by atoms with van der Waals surface area (Å²) in [6, 6.07) is 5.35. The Hall–Kier alpha value is -0.780. The summed E-state index contributed by atoms with van der Waals surface area (Å²) in [5.74, 6) is -0.285. The predicted molar refractivity (Wildman–Crippen MR) is 52.7 cm³/mol. The van der Waals surface area contributed by atoms with Gasteiger partial charge in [-0.15, -0.1) is 0 Å². The van der Waals surface area contributed by atoms with Crippen LogP contribution in [0.25, 0.3) is 0 Å². The van der Waals surface area contributed by atoms with Gasteiger partial charge in [0, 0.05) is 11.4 Å². The second-order valence-corrected chi connectivity index (χ2v) is 4.35. The van der Waals surface area contributed by atoms with Gasteiger partial charge in [0.1, 0.15) is 5.82 Å². The molecule has 0 saturated heterocycles. The van der Waals surface area contributed by atoms with E-state index < -0.39 is 16.9 Å². The fourth-order valence-electron chi connectivity index (χ4n) is 0.925. The zero-order valence-electron chi connectivity index (χ0n) is 7.52. The van der Waals surface area contributed by atoms with Gasteiger partial charge in [0.25, 0.3) is 0 Å². The highest BCUT2D eigenvalue weighted by atomic mass is 32.2. The molecule has 78 valence electrons. The van der Waals surface area contributed by atoms with Crippen LogP contribution < -0.4 is 5.73 Å². The minimum atomic E-state index is -1.32. The van der Waals surface area contributed by atoms with Gasteiger partial charge in [0.05, 0.1) is 22.7 Å². The number of hydrogen-bond donors (Lipinski definition) is 2. The summed E-state index contributed by atoms with van der Waals surface area (Å²) in [6.07, 6.45) is -0.777. The molecule has 2 atom stereocenters. The average molecular weight is 217 g/mol. The summed E-state index contributed by atoms with van der Waals surface area (Å²) >= 11 is 0. The first-order chi connectivity index (χ1) is 6.63. The molecule has 5 heteroatoms. The van der Waals surface area contributed by atoms with Gasteiger partial charge in [-0.05, 0) is 24.3 Å². The molecule has 14 heavy (non-hydrogen) atoms. The molecule has 0 radical (unpaired) electrons. The van der Waals surface area contributed by atoms with Crippen LogP contribution in [0.2, 0.25) is 0 Å². The van der Waals surface area contributed by atoms with E-state index in [-0.39, 0.29) is 18.1 Å². The number of halogens is 1. The Balaban J connectivity index is 2.65. The zero-order chi connectivity index (χ0) is 10.6. The Kier molecular flexibility index (Phi) is 4.19. The third-order valence-electron chi connectivity index (χ3n) is 1.69. The quantitative estimate of drug-likeness (QED) is 0.760. The van der Waals surface area contributed by atoms with Gasteiger partial charge in [-0.2, -0.15) is 0 Å². The molecule has 0 saturated carbocycles. The Labute approximate surface area is 84.2 Å². The third kappa shape index (κ3) is 3.17. The fraction of sp³-hybridized carbons (Fsp3) is 0.333.